The Kier molecular flexibility index (Phi) is 6.51. The summed E-state index contributed by atoms with van der Waals surface area (Å²) in [6.07, 6.45) is 0.476. The molecule has 0 aliphatic carbocycles. The third kappa shape index (κ3) is 4.33. The summed E-state index contributed by atoms with van der Waals surface area (Å²) in [5.41, 5.74) is 7.87. The molecule has 1 heterocycles. The molecule has 0 spiro atoms. The summed E-state index contributed by atoms with van der Waals surface area (Å²) < 4.78 is 29.8. The van der Waals surface area contributed by atoms with Crippen molar-refractivity contribution in [2.45, 2.75) is 43.5 Å². The van der Waals surface area contributed by atoms with Gasteiger partial charge in [-0.2, -0.15) is 0 Å². The summed E-state index contributed by atoms with van der Waals surface area (Å²) in [7, 11) is -4.03. The number of rotatable bonds is 6. The van der Waals surface area contributed by atoms with E-state index in [1.165, 1.54) is 4.31 Å². The fourth-order valence-corrected chi connectivity index (χ4v) is 6.59. The van der Waals surface area contributed by atoms with Gasteiger partial charge >= 0.3 is 0 Å². The molecule has 3 atom stereocenters. The smallest absolute Gasteiger partial charge is 0.264 e. The lowest BCUT2D eigenvalue weighted by Crippen LogP contribution is -2.48. The van der Waals surface area contributed by atoms with E-state index in [1.54, 1.807) is 43.3 Å². The van der Waals surface area contributed by atoms with Crippen LogP contribution < -0.4 is 10.0 Å². The Labute approximate surface area is 201 Å². The van der Waals surface area contributed by atoms with Crippen LogP contribution in [0.4, 0.5) is 5.69 Å². The molecule has 0 saturated heterocycles. The number of aryl methyl sites for hydroxylation is 1. The molecule has 2 unspecified atom stereocenters. The third-order valence-electron chi connectivity index (χ3n) is 6.83. The van der Waals surface area contributed by atoms with E-state index in [1.807, 2.05) is 49.4 Å². The molecule has 3 aromatic carbocycles. The molecule has 6 nitrogen and oxygen atoms in total. The van der Waals surface area contributed by atoms with E-state index in [0.29, 0.717) is 12.1 Å². The lowest BCUT2D eigenvalue weighted by Gasteiger charge is -2.39. The van der Waals surface area contributed by atoms with Crippen molar-refractivity contribution < 1.29 is 18.3 Å². The van der Waals surface area contributed by atoms with Gasteiger partial charge in [-0.15, -0.1) is 0 Å². The molecule has 0 aromatic heterocycles. The van der Waals surface area contributed by atoms with Crippen molar-refractivity contribution in [2.24, 2.45) is 11.1 Å². The van der Waals surface area contributed by atoms with Gasteiger partial charge < -0.3 is 10.8 Å². The number of fused-ring (bicyclic) bond motifs is 1. The van der Waals surface area contributed by atoms with E-state index in [-0.39, 0.29) is 17.9 Å². The molecular formula is C27H30N2O4S. The second kappa shape index (κ2) is 9.24. The van der Waals surface area contributed by atoms with Gasteiger partial charge in [-0.25, -0.2) is 8.42 Å². The molecule has 0 fully saturated rings. The molecular weight excluding hydrogens is 448 g/mol. The van der Waals surface area contributed by atoms with Gasteiger partial charge in [0, 0.05) is 5.92 Å². The Morgan fingerprint density at radius 3 is 2.29 bits per heavy atom. The predicted molar refractivity (Wildman–Crippen MR) is 133 cm³/mol. The average Bonchev–Trinajstić information content (AvgIpc) is 2.95. The average molecular weight is 479 g/mol. The zero-order chi connectivity index (χ0) is 24.5. The first-order chi connectivity index (χ1) is 16.2. The van der Waals surface area contributed by atoms with Crippen molar-refractivity contribution in [3.05, 3.63) is 95.6 Å². The lowest BCUT2D eigenvalue weighted by atomic mass is 9.75. The monoisotopic (exact) mass is 478 g/mol. The van der Waals surface area contributed by atoms with Crippen LogP contribution in [0.5, 0.6) is 0 Å². The van der Waals surface area contributed by atoms with Crippen molar-refractivity contribution in [2.75, 3.05) is 10.9 Å². The lowest BCUT2D eigenvalue weighted by molar-refractivity contribution is -0.127. The molecule has 178 valence electrons. The van der Waals surface area contributed by atoms with Crippen LogP contribution in [-0.2, 0) is 21.2 Å². The van der Waals surface area contributed by atoms with Gasteiger partial charge in [0.05, 0.1) is 28.6 Å². The highest BCUT2D eigenvalue weighted by atomic mass is 32.2. The van der Waals surface area contributed by atoms with Gasteiger partial charge in [0.1, 0.15) is 0 Å². The maximum absolute atomic E-state index is 14.2. The topological polar surface area (TPSA) is 101 Å². The van der Waals surface area contributed by atoms with Crippen LogP contribution in [0.25, 0.3) is 0 Å². The summed E-state index contributed by atoms with van der Waals surface area (Å²) >= 11 is 0. The van der Waals surface area contributed by atoms with Crippen LogP contribution >= 0.6 is 0 Å². The number of amides is 1. The van der Waals surface area contributed by atoms with Gasteiger partial charge in [0.2, 0.25) is 5.91 Å². The highest BCUT2D eigenvalue weighted by molar-refractivity contribution is 7.92. The molecule has 7 heteroatoms. The molecule has 0 bridgehead atoms. The molecule has 3 aromatic rings. The highest BCUT2D eigenvalue weighted by Crippen LogP contribution is 2.45. The molecule has 34 heavy (non-hydrogen) atoms. The first-order valence-corrected chi connectivity index (χ1v) is 12.8. The van der Waals surface area contributed by atoms with Gasteiger partial charge in [-0.3, -0.25) is 9.10 Å². The number of aliphatic hydroxyl groups is 1. The predicted octanol–water partition coefficient (Wildman–Crippen LogP) is 3.77. The van der Waals surface area contributed by atoms with Crippen molar-refractivity contribution in [1.82, 2.24) is 0 Å². The van der Waals surface area contributed by atoms with Crippen LogP contribution in [0.3, 0.4) is 0 Å². The number of carbonyl (C=O) groups is 1. The van der Waals surface area contributed by atoms with Crippen LogP contribution in [0.2, 0.25) is 0 Å². The second-order valence-corrected chi connectivity index (χ2v) is 11.1. The van der Waals surface area contributed by atoms with E-state index in [0.717, 1.165) is 16.7 Å². The minimum Gasteiger partial charge on any atom is -0.396 e. The van der Waals surface area contributed by atoms with E-state index in [2.05, 4.69) is 0 Å². The van der Waals surface area contributed by atoms with E-state index in [9.17, 15) is 18.3 Å². The van der Waals surface area contributed by atoms with Gasteiger partial charge in [-0.1, -0.05) is 73.2 Å². The largest absolute Gasteiger partial charge is 0.396 e. The molecule has 0 saturated carbocycles. The molecule has 4 rings (SSSR count). The van der Waals surface area contributed by atoms with Gasteiger partial charge in [0.25, 0.3) is 10.0 Å². The number of sulfonamides is 1. The van der Waals surface area contributed by atoms with Crippen LogP contribution in [-0.4, -0.2) is 32.1 Å². The van der Waals surface area contributed by atoms with Crippen molar-refractivity contribution in [3.63, 3.8) is 0 Å². The maximum atomic E-state index is 14.2. The van der Waals surface area contributed by atoms with Crippen molar-refractivity contribution >= 4 is 21.6 Å². The summed E-state index contributed by atoms with van der Waals surface area (Å²) in [6.45, 7) is 3.39. The van der Waals surface area contributed by atoms with Gasteiger partial charge in [0.15, 0.2) is 0 Å². The standard InChI is InChI=1S/C27H30N2O4S/c1-19-12-14-22(15-13-19)34(32,33)29-24-11-7-6-10-21(24)16-27(2,26(28)31)17-25(29)23(18-30)20-8-4-3-5-9-20/h3-15,23,25,30H,16-18H2,1-2H3,(H2,28,31)/t23-,25?,27?/m1/s1. The number of primary amides is 1. The minimum atomic E-state index is -4.03. The zero-order valence-electron chi connectivity index (χ0n) is 19.4. The molecule has 1 aliphatic heterocycles. The number of para-hydroxylation sites is 1. The zero-order valence-corrected chi connectivity index (χ0v) is 20.2. The van der Waals surface area contributed by atoms with Crippen LogP contribution in [0, 0.1) is 12.3 Å². The number of hydrogen-bond acceptors (Lipinski definition) is 4. The molecule has 1 aliphatic rings. The normalized spacial score (nSPS) is 21.4. The number of aliphatic hydroxyl groups excluding tert-OH is 1. The molecule has 3 N–H and O–H groups in total. The minimum absolute atomic E-state index is 0.158. The summed E-state index contributed by atoms with van der Waals surface area (Å²) in [5.74, 6) is -1.06. The fraction of sp³-hybridized carbons (Fsp3) is 0.296. The van der Waals surface area contributed by atoms with Crippen molar-refractivity contribution in [3.8, 4) is 0 Å². The second-order valence-electron chi connectivity index (χ2n) is 9.32. The summed E-state index contributed by atoms with van der Waals surface area (Å²) in [4.78, 5) is 12.8. The van der Waals surface area contributed by atoms with E-state index in [4.69, 9.17) is 5.73 Å². The Bertz CT molecular complexity index is 1280. The number of carbonyl (C=O) groups excluding carboxylic acids is 1. The summed E-state index contributed by atoms with van der Waals surface area (Å²) in [5, 5.41) is 10.5. The number of nitrogens with zero attached hydrogens (tertiary/aromatic N) is 1. The van der Waals surface area contributed by atoms with Gasteiger partial charge in [-0.05, 0) is 49.1 Å². The number of hydrogen-bond donors (Lipinski definition) is 2. The number of benzene rings is 3. The maximum Gasteiger partial charge on any atom is 0.264 e. The number of nitrogens with two attached hydrogens (primary N) is 1. The SMILES string of the molecule is Cc1ccc(S(=O)(=O)N2c3ccccc3CC(C)(C(N)=O)CC2[C@H](CO)c2ccccc2)cc1. The fourth-order valence-electron chi connectivity index (χ4n) is 4.87. The third-order valence-corrected chi connectivity index (χ3v) is 8.69. The highest BCUT2D eigenvalue weighted by Gasteiger charge is 2.47. The Morgan fingerprint density at radius 2 is 1.68 bits per heavy atom. The van der Waals surface area contributed by atoms with E-state index < -0.39 is 33.3 Å². The van der Waals surface area contributed by atoms with Crippen LogP contribution in [0.15, 0.2) is 83.8 Å². The van der Waals surface area contributed by atoms with Crippen LogP contribution in [0.1, 0.15) is 36.0 Å². The first kappa shape index (κ1) is 24.0. The summed E-state index contributed by atoms with van der Waals surface area (Å²) in [6, 6.07) is 22.5. The van der Waals surface area contributed by atoms with Crippen molar-refractivity contribution in [1.29, 1.82) is 0 Å². The molecule has 1 amide bonds. The Morgan fingerprint density at radius 1 is 1.06 bits per heavy atom. The number of anilines is 1. The quantitative estimate of drug-likeness (QED) is 0.563. The Hall–Kier alpha value is -3.16. The molecule has 0 radical (unpaired) electrons. The van der Waals surface area contributed by atoms with E-state index >= 15 is 0 Å². The Balaban J connectivity index is 1.99. The first-order valence-electron chi connectivity index (χ1n) is 11.3.